The molecule has 0 saturated heterocycles. The first kappa shape index (κ1) is 13.8. The molecule has 5 nitrogen and oxygen atoms in total. The van der Waals surface area contributed by atoms with E-state index in [2.05, 4.69) is 15.5 Å². The molecule has 1 amide bonds. The zero-order valence-corrected chi connectivity index (χ0v) is 11.9. The van der Waals surface area contributed by atoms with E-state index in [0.29, 0.717) is 6.42 Å². The number of hydrogen-bond donors (Lipinski definition) is 3. The summed E-state index contributed by atoms with van der Waals surface area (Å²) in [6.45, 7) is 0. The molecule has 0 radical (unpaired) electrons. The summed E-state index contributed by atoms with van der Waals surface area (Å²) in [7, 11) is 0. The Bertz CT molecular complexity index is 608. The minimum absolute atomic E-state index is 0.0150. The molecule has 0 bridgehead atoms. The van der Waals surface area contributed by atoms with Crippen molar-refractivity contribution < 1.29 is 4.79 Å². The van der Waals surface area contributed by atoms with Crippen molar-refractivity contribution in [2.45, 2.75) is 37.8 Å². The van der Waals surface area contributed by atoms with Gasteiger partial charge in [-0.2, -0.15) is 5.10 Å². The van der Waals surface area contributed by atoms with Crippen molar-refractivity contribution in [2.24, 2.45) is 5.73 Å². The maximum atomic E-state index is 12.2. The lowest BCUT2D eigenvalue weighted by Crippen LogP contribution is -2.33. The van der Waals surface area contributed by atoms with E-state index in [4.69, 9.17) is 5.73 Å². The van der Waals surface area contributed by atoms with Gasteiger partial charge in [-0.05, 0) is 30.4 Å². The molecule has 2 atom stereocenters. The van der Waals surface area contributed by atoms with E-state index < -0.39 is 0 Å². The highest BCUT2D eigenvalue weighted by Gasteiger charge is 2.24. The SMILES string of the molecule is NC(CC(=O)NC1CCCc2cn[nH]c21)c1ccccc1. The lowest BCUT2D eigenvalue weighted by atomic mass is 9.93. The van der Waals surface area contributed by atoms with Crippen LogP contribution in [0.1, 0.15) is 48.2 Å². The molecule has 0 fully saturated rings. The number of H-pyrrole nitrogens is 1. The van der Waals surface area contributed by atoms with Gasteiger partial charge in [0.05, 0.1) is 17.9 Å². The van der Waals surface area contributed by atoms with Crippen LogP contribution in [0.3, 0.4) is 0 Å². The summed E-state index contributed by atoms with van der Waals surface area (Å²) in [6, 6.07) is 9.48. The molecule has 1 aromatic heterocycles. The number of amides is 1. The summed E-state index contributed by atoms with van der Waals surface area (Å²) in [5.74, 6) is -0.0150. The molecule has 2 unspecified atom stereocenters. The third-order valence-electron chi connectivity index (χ3n) is 4.01. The molecular formula is C16H20N4O. The van der Waals surface area contributed by atoms with Crippen LogP contribution in [-0.4, -0.2) is 16.1 Å². The monoisotopic (exact) mass is 284 g/mol. The predicted octanol–water partition coefficient (Wildman–Crippen LogP) is 1.99. The molecule has 1 aromatic carbocycles. The lowest BCUT2D eigenvalue weighted by molar-refractivity contribution is -0.122. The van der Waals surface area contributed by atoms with Gasteiger partial charge < -0.3 is 11.1 Å². The Morgan fingerprint density at radius 1 is 1.43 bits per heavy atom. The van der Waals surface area contributed by atoms with Crippen molar-refractivity contribution in [1.29, 1.82) is 0 Å². The Kier molecular flexibility index (Phi) is 4.01. The molecule has 21 heavy (non-hydrogen) atoms. The van der Waals surface area contributed by atoms with Crippen LogP contribution in [0, 0.1) is 0 Å². The summed E-state index contributed by atoms with van der Waals surface area (Å²) in [5.41, 5.74) is 9.33. The number of aryl methyl sites for hydroxylation is 1. The molecule has 0 aliphatic heterocycles. The normalized spacial score (nSPS) is 18.8. The maximum absolute atomic E-state index is 12.2. The average Bonchev–Trinajstić information content (AvgIpc) is 2.97. The highest BCUT2D eigenvalue weighted by molar-refractivity contribution is 5.77. The van der Waals surface area contributed by atoms with Crippen LogP contribution in [0.5, 0.6) is 0 Å². The number of aromatic nitrogens is 2. The Balaban J connectivity index is 1.61. The third kappa shape index (κ3) is 3.13. The number of hydrogen-bond acceptors (Lipinski definition) is 3. The van der Waals surface area contributed by atoms with Crippen molar-refractivity contribution in [3.05, 3.63) is 53.3 Å². The number of rotatable bonds is 4. The number of nitrogens with two attached hydrogens (primary N) is 1. The zero-order chi connectivity index (χ0) is 14.7. The fourth-order valence-electron chi connectivity index (χ4n) is 2.88. The molecule has 5 heteroatoms. The van der Waals surface area contributed by atoms with E-state index in [9.17, 15) is 4.79 Å². The topological polar surface area (TPSA) is 83.8 Å². The van der Waals surface area contributed by atoms with Crippen LogP contribution in [-0.2, 0) is 11.2 Å². The van der Waals surface area contributed by atoms with Crippen molar-refractivity contribution in [3.8, 4) is 0 Å². The highest BCUT2D eigenvalue weighted by atomic mass is 16.1. The molecule has 1 aliphatic rings. The van der Waals surface area contributed by atoms with E-state index in [1.807, 2.05) is 36.5 Å². The molecular weight excluding hydrogens is 264 g/mol. The largest absolute Gasteiger partial charge is 0.348 e. The lowest BCUT2D eigenvalue weighted by Gasteiger charge is -2.23. The fourth-order valence-corrected chi connectivity index (χ4v) is 2.88. The van der Waals surface area contributed by atoms with Gasteiger partial charge >= 0.3 is 0 Å². The van der Waals surface area contributed by atoms with Gasteiger partial charge in [0.2, 0.25) is 5.91 Å². The van der Waals surface area contributed by atoms with Gasteiger partial charge in [-0.3, -0.25) is 9.89 Å². The van der Waals surface area contributed by atoms with Gasteiger partial charge in [-0.25, -0.2) is 0 Å². The van der Waals surface area contributed by atoms with Crippen LogP contribution in [0.4, 0.5) is 0 Å². The minimum atomic E-state index is -0.268. The van der Waals surface area contributed by atoms with E-state index in [0.717, 1.165) is 30.5 Å². The first-order chi connectivity index (χ1) is 10.2. The second kappa shape index (κ2) is 6.10. The molecule has 2 aromatic rings. The van der Waals surface area contributed by atoms with Crippen LogP contribution in [0.15, 0.2) is 36.5 Å². The van der Waals surface area contributed by atoms with Crippen molar-refractivity contribution in [3.63, 3.8) is 0 Å². The van der Waals surface area contributed by atoms with Gasteiger partial charge in [0.1, 0.15) is 0 Å². The quantitative estimate of drug-likeness (QED) is 0.803. The summed E-state index contributed by atoms with van der Waals surface area (Å²) >= 11 is 0. The molecule has 4 N–H and O–H groups in total. The Morgan fingerprint density at radius 2 is 2.24 bits per heavy atom. The number of nitrogens with one attached hydrogen (secondary N) is 2. The Morgan fingerprint density at radius 3 is 3.05 bits per heavy atom. The molecule has 1 heterocycles. The van der Waals surface area contributed by atoms with E-state index in [1.54, 1.807) is 0 Å². The standard InChI is InChI=1S/C16H20N4O/c17-13(11-5-2-1-3-6-11)9-15(21)19-14-8-4-7-12-10-18-20-16(12)14/h1-3,5-6,10,13-14H,4,7-9,17H2,(H,18,20)(H,19,21). The summed E-state index contributed by atoms with van der Waals surface area (Å²) in [5, 5.41) is 10.1. The number of benzene rings is 1. The predicted molar refractivity (Wildman–Crippen MR) is 80.4 cm³/mol. The summed E-state index contributed by atoms with van der Waals surface area (Å²) in [4.78, 5) is 12.2. The average molecular weight is 284 g/mol. The number of carbonyl (C=O) groups is 1. The maximum Gasteiger partial charge on any atom is 0.222 e. The van der Waals surface area contributed by atoms with E-state index in [1.165, 1.54) is 5.56 Å². The van der Waals surface area contributed by atoms with Crippen LogP contribution >= 0.6 is 0 Å². The van der Waals surface area contributed by atoms with Crippen molar-refractivity contribution >= 4 is 5.91 Å². The van der Waals surface area contributed by atoms with Crippen molar-refractivity contribution in [1.82, 2.24) is 15.5 Å². The van der Waals surface area contributed by atoms with Gasteiger partial charge in [0, 0.05) is 12.5 Å². The van der Waals surface area contributed by atoms with Crippen LogP contribution in [0.2, 0.25) is 0 Å². The van der Waals surface area contributed by atoms with E-state index >= 15 is 0 Å². The highest BCUT2D eigenvalue weighted by Crippen LogP contribution is 2.27. The van der Waals surface area contributed by atoms with Crippen molar-refractivity contribution in [2.75, 3.05) is 0 Å². The second-order valence-electron chi connectivity index (χ2n) is 5.54. The molecule has 0 spiro atoms. The molecule has 1 aliphatic carbocycles. The minimum Gasteiger partial charge on any atom is -0.348 e. The number of aromatic amines is 1. The molecule has 3 rings (SSSR count). The second-order valence-corrected chi connectivity index (χ2v) is 5.54. The molecule has 110 valence electrons. The van der Waals surface area contributed by atoms with Crippen LogP contribution < -0.4 is 11.1 Å². The van der Waals surface area contributed by atoms with E-state index in [-0.39, 0.29) is 18.0 Å². The summed E-state index contributed by atoms with van der Waals surface area (Å²) < 4.78 is 0. The van der Waals surface area contributed by atoms with Gasteiger partial charge in [0.25, 0.3) is 0 Å². The first-order valence-corrected chi connectivity index (χ1v) is 7.36. The van der Waals surface area contributed by atoms with Gasteiger partial charge in [-0.15, -0.1) is 0 Å². The number of nitrogens with zero attached hydrogens (tertiary/aromatic N) is 1. The Labute approximate surface area is 123 Å². The molecule has 0 saturated carbocycles. The third-order valence-corrected chi connectivity index (χ3v) is 4.01. The van der Waals surface area contributed by atoms with Gasteiger partial charge in [-0.1, -0.05) is 30.3 Å². The number of fused-ring (bicyclic) bond motifs is 1. The fraction of sp³-hybridized carbons (Fsp3) is 0.375. The zero-order valence-electron chi connectivity index (χ0n) is 11.9. The Hall–Kier alpha value is -2.14. The van der Waals surface area contributed by atoms with Crippen LogP contribution in [0.25, 0.3) is 0 Å². The smallest absolute Gasteiger partial charge is 0.222 e. The first-order valence-electron chi connectivity index (χ1n) is 7.36. The van der Waals surface area contributed by atoms with Gasteiger partial charge in [0.15, 0.2) is 0 Å². The summed E-state index contributed by atoms with van der Waals surface area (Å²) in [6.07, 6.45) is 5.19. The number of carbonyl (C=O) groups excluding carboxylic acids is 1.